The molecule has 0 aliphatic rings. The van der Waals surface area contributed by atoms with Crippen LogP contribution in [0.3, 0.4) is 0 Å². The van der Waals surface area contributed by atoms with Crippen molar-refractivity contribution in [2.45, 2.75) is 61.4 Å². The maximum absolute atomic E-state index is 8.55. The van der Waals surface area contributed by atoms with Gasteiger partial charge in [0.25, 0.3) is 0 Å². The number of hydrogen-bond donors (Lipinski definition) is 0. The van der Waals surface area contributed by atoms with E-state index in [9.17, 15) is 0 Å². The summed E-state index contributed by atoms with van der Waals surface area (Å²) < 4.78 is 138. The van der Waals surface area contributed by atoms with Gasteiger partial charge < -0.3 is 14.4 Å². The van der Waals surface area contributed by atoms with Gasteiger partial charge >= 0.3 is 0 Å². The van der Waals surface area contributed by atoms with E-state index in [0.29, 0.717) is 27.8 Å². The fourth-order valence-electron chi connectivity index (χ4n) is 4.93. The first-order chi connectivity index (χ1) is 29.3. The molecule has 0 spiro atoms. The van der Waals surface area contributed by atoms with Crippen molar-refractivity contribution in [2.75, 3.05) is 0 Å². The van der Waals surface area contributed by atoms with Gasteiger partial charge in [-0.25, -0.2) is 4.98 Å². The number of aryl methyl sites for hydroxylation is 5. The number of benzene rings is 2. The molecule has 48 heavy (non-hydrogen) atoms. The maximum atomic E-state index is 8.55. The van der Waals surface area contributed by atoms with Gasteiger partial charge in [-0.2, -0.15) is 0 Å². The Kier molecular flexibility index (Phi) is 5.63. The molecule has 0 aliphatic carbocycles. The minimum atomic E-state index is -2.74. The van der Waals surface area contributed by atoms with Gasteiger partial charge in [-0.3, -0.25) is 4.98 Å². The van der Waals surface area contributed by atoms with Crippen molar-refractivity contribution < 1.29 is 47.8 Å². The van der Waals surface area contributed by atoms with Crippen LogP contribution in [0.1, 0.15) is 77.7 Å². The van der Waals surface area contributed by atoms with Crippen LogP contribution in [0.4, 0.5) is 0 Å². The molecule has 0 N–H and O–H groups in total. The molecular formula is C42H40IrN4O-2. The number of hydrogen-bond acceptors (Lipinski definition) is 5. The molecule has 5 aromatic heterocycles. The second kappa shape index (κ2) is 14.3. The summed E-state index contributed by atoms with van der Waals surface area (Å²) in [6.07, 6.45) is 0.972. The first-order valence-corrected chi connectivity index (χ1v) is 14.6. The first kappa shape index (κ1) is 18.9. The van der Waals surface area contributed by atoms with Crippen LogP contribution < -0.4 is 0 Å². The van der Waals surface area contributed by atoms with Crippen molar-refractivity contribution in [3.05, 3.63) is 131 Å². The summed E-state index contributed by atoms with van der Waals surface area (Å²) in [5, 5.41) is 1.48. The fraction of sp³-hybridized carbons (Fsp3) is 0.238. The monoisotopic (exact) mass is 826 g/mol. The van der Waals surface area contributed by atoms with Crippen molar-refractivity contribution in [2.24, 2.45) is 5.41 Å². The molecule has 0 fully saturated rings. The van der Waals surface area contributed by atoms with E-state index in [1.54, 1.807) is 30.5 Å². The van der Waals surface area contributed by atoms with Gasteiger partial charge in [0, 0.05) is 72.6 Å². The molecule has 6 heteroatoms. The second-order valence-corrected chi connectivity index (χ2v) is 11.7. The molecule has 0 saturated carbocycles. The quantitative estimate of drug-likeness (QED) is 0.165. The molecule has 1 radical (unpaired) electrons. The van der Waals surface area contributed by atoms with Crippen LogP contribution in [0, 0.1) is 51.8 Å². The molecule has 0 bridgehead atoms. The molecule has 0 saturated heterocycles. The van der Waals surface area contributed by atoms with E-state index in [1.807, 2.05) is 26.8 Å². The van der Waals surface area contributed by atoms with E-state index in [1.165, 1.54) is 36.4 Å². The zero-order valence-electron chi connectivity index (χ0n) is 43.1. The Morgan fingerprint density at radius 1 is 0.771 bits per heavy atom. The summed E-state index contributed by atoms with van der Waals surface area (Å²) in [6, 6.07) is 23.9. The molecule has 0 unspecified atom stereocenters. The average molecular weight is 826 g/mol. The third-order valence-corrected chi connectivity index (χ3v) is 6.99. The van der Waals surface area contributed by atoms with Crippen molar-refractivity contribution in [3.8, 4) is 33.8 Å². The largest absolute Gasteiger partial charge is 0.486 e. The summed E-state index contributed by atoms with van der Waals surface area (Å²) >= 11 is 0. The summed E-state index contributed by atoms with van der Waals surface area (Å²) in [7, 11) is 0. The van der Waals surface area contributed by atoms with Gasteiger partial charge in [-0.05, 0) is 86.5 Å². The molecule has 245 valence electrons. The predicted molar refractivity (Wildman–Crippen MR) is 192 cm³/mol. The number of pyridine rings is 4. The first-order valence-electron chi connectivity index (χ1n) is 23.1. The van der Waals surface area contributed by atoms with Crippen LogP contribution in [0.2, 0.25) is 0 Å². The van der Waals surface area contributed by atoms with E-state index >= 15 is 0 Å². The Bertz CT molecular complexity index is 2850. The van der Waals surface area contributed by atoms with Crippen LogP contribution in [0.25, 0.3) is 55.8 Å². The summed E-state index contributed by atoms with van der Waals surface area (Å²) in [5.41, 5.74) is 0.967. The molecule has 0 atom stereocenters. The van der Waals surface area contributed by atoms with Gasteiger partial charge in [0.15, 0.2) is 0 Å². The van der Waals surface area contributed by atoms with Gasteiger partial charge in [-0.15, -0.1) is 47.5 Å². The Hall–Kier alpha value is -4.51. The average Bonchev–Trinajstić information content (AvgIpc) is 3.57. The molecular weight excluding hydrogens is 769 g/mol. The van der Waals surface area contributed by atoms with Gasteiger partial charge in [-0.1, -0.05) is 73.5 Å². The smallest absolute Gasteiger partial charge is 0.216 e. The molecule has 2 aromatic carbocycles. The Balaban J connectivity index is 0.000000242. The Labute approximate surface area is 321 Å². The topological polar surface area (TPSA) is 64.7 Å². The minimum Gasteiger partial charge on any atom is -0.486 e. The second-order valence-electron chi connectivity index (χ2n) is 11.7. The SMILES string of the molecule is [2H]C([2H])([2H])c1ccc2c(n1)oc1c(-c3cc(C([2H])([2H])C(C)(C)C)ccn3)[c-]ccc12.[2H]C([2H])([2H])c1cccc(-c2cc(-c3cc(C([2H])([2H])[2H])c(C([2H])([2H])[2H])cn3)[c-]cc2C([2H])([2H])[2H])n1.[Ir]. The van der Waals surface area contributed by atoms with Crippen molar-refractivity contribution >= 4 is 22.1 Å². The van der Waals surface area contributed by atoms with Gasteiger partial charge in [0.1, 0.15) is 0 Å². The standard InChI is InChI=1S/C22H21N2O.C20H19N2.Ir/c1-14-8-9-17-16-6-5-7-18(20(16)25-21(17)24-14)19-12-15(10-11-23-19)13-22(2,3)4;1-13-8-9-17(20-10-14(2)15(3)12-21-20)11-18(13)19-7-5-6-16(4)22-19;/h5-6,8-12H,13H2,1-4H3;5-8,10-12H,1-4H3;/q2*-1;/i1D3,13D2;1D3,2D3,3D3,4D3;. The van der Waals surface area contributed by atoms with E-state index in [4.69, 9.17) is 27.7 Å². The molecule has 5 heterocycles. The normalized spacial score (nSPS) is 18.1. The Morgan fingerprint density at radius 3 is 2.40 bits per heavy atom. The zero-order chi connectivity index (χ0) is 47.6. The van der Waals surface area contributed by atoms with Crippen LogP contribution in [-0.4, -0.2) is 19.9 Å². The zero-order valence-corrected chi connectivity index (χ0v) is 28.5. The van der Waals surface area contributed by atoms with Crippen LogP contribution >= 0.6 is 0 Å². The van der Waals surface area contributed by atoms with Crippen molar-refractivity contribution in [1.82, 2.24) is 19.9 Å². The number of aromatic nitrogens is 4. The van der Waals surface area contributed by atoms with Crippen LogP contribution in [0.15, 0.2) is 89.6 Å². The molecule has 5 nitrogen and oxygen atoms in total. The van der Waals surface area contributed by atoms with Crippen molar-refractivity contribution in [3.63, 3.8) is 0 Å². The molecule has 7 rings (SSSR count). The molecule has 7 aromatic rings. The third-order valence-electron chi connectivity index (χ3n) is 6.99. The van der Waals surface area contributed by atoms with Crippen molar-refractivity contribution in [1.29, 1.82) is 0 Å². The van der Waals surface area contributed by atoms with E-state index in [-0.39, 0.29) is 65.3 Å². The molecule has 0 aliphatic heterocycles. The van der Waals surface area contributed by atoms with E-state index < -0.39 is 57.2 Å². The predicted octanol–water partition coefficient (Wildman–Crippen LogP) is 10.6. The van der Waals surface area contributed by atoms with Crippen LogP contribution in [0.5, 0.6) is 0 Å². The van der Waals surface area contributed by atoms with Gasteiger partial charge in [0.05, 0.1) is 11.3 Å². The van der Waals surface area contributed by atoms with E-state index in [2.05, 4.69) is 32.1 Å². The number of rotatable bonds is 4. The minimum absolute atomic E-state index is 0. The number of fused-ring (bicyclic) bond motifs is 3. The van der Waals surface area contributed by atoms with Gasteiger partial charge in [0.2, 0.25) is 5.71 Å². The summed E-state index contributed by atoms with van der Waals surface area (Å²) in [6.45, 7) is -7.29. The van der Waals surface area contributed by atoms with E-state index in [0.717, 1.165) is 17.6 Å². The number of nitrogens with zero attached hydrogens (tertiary/aromatic N) is 4. The van der Waals surface area contributed by atoms with Crippen LogP contribution in [-0.2, 0) is 26.5 Å². The summed E-state index contributed by atoms with van der Waals surface area (Å²) in [4.78, 5) is 16.8. The maximum Gasteiger partial charge on any atom is 0.216 e. The fourth-order valence-corrected chi connectivity index (χ4v) is 4.93. The number of furan rings is 1. The molecule has 0 amide bonds. The third kappa shape index (κ3) is 7.78. The summed E-state index contributed by atoms with van der Waals surface area (Å²) in [5.74, 6) is 0. The Morgan fingerprint density at radius 2 is 1.60 bits per heavy atom.